The molecule has 108 valence electrons. The normalized spacial score (nSPS) is 11.2. The molecule has 0 N–H and O–H groups in total. The molecule has 0 aromatic carbocycles. The molecule has 3 rings (SSSR count). The van der Waals surface area contributed by atoms with E-state index in [0.717, 1.165) is 10.3 Å². The van der Waals surface area contributed by atoms with Crippen molar-refractivity contribution in [3.05, 3.63) is 45.4 Å². The molecule has 2 aliphatic heterocycles. The van der Waals surface area contributed by atoms with Gasteiger partial charge >= 0.3 is 5.69 Å². The Kier molecular flexibility index (Phi) is 2.97. The fraction of sp³-hybridized carbons (Fsp3) is 0.286. The van der Waals surface area contributed by atoms with E-state index >= 15 is 0 Å². The van der Waals surface area contributed by atoms with E-state index in [0.29, 0.717) is 18.1 Å². The van der Waals surface area contributed by atoms with Crippen LogP contribution in [0, 0.1) is 0 Å². The molecule has 0 atom stereocenters. The van der Waals surface area contributed by atoms with E-state index in [1.807, 2.05) is 43.1 Å². The van der Waals surface area contributed by atoms with E-state index in [1.54, 1.807) is 4.57 Å². The van der Waals surface area contributed by atoms with Crippen molar-refractivity contribution in [2.24, 2.45) is 14.1 Å². The van der Waals surface area contributed by atoms with Crippen LogP contribution in [0.2, 0.25) is 0 Å². The molecule has 1 aromatic heterocycles. The van der Waals surface area contributed by atoms with Gasteiger partial charge in [0.2, 0.25) is 0 Å². The highest BCUT2D eigenvalue weighted by atomic mass is 16.2. The molecular formula is C14H15N5O2. The number of aryl methyl sites for hydroxylation is 2. The fourth-order valence-corrected chi connectivity index (χ4v) is 2.31. The van der Waals surface area contributed by atoms with Crippen LogP contribution in [0.15, 0.2) is 34.1 Å². The van der Waals surface area contributed by atoms with Crippen molar-refractivity contribution in [2.45, 2.75) is 13.5 Å². The quantitative estimate of drug-likeness (QED) is 0.686. The summed E-state index contributed by atoms with van der Waals surface area (Å²) in [6.45, 7) is 2.52. The monoisotopic (exact) mass is 285 g/mol. The van der Waals surface area contributed by atoms with Crippen LogP contribution in [0.25, 0.3) is 22.9 Å². The zero-order valence-electron chi connectivity index (χ0n) is 12.1. The van der Waals surface area contributed by atoms with Crippen LogP contribution in [0.4, 0.5) is 0 Å². The molecule has 7 heteroatoms. The summed E-state index contributed by atoms with van der Waals surface area (Å²) in [5.41, 5.74) is 0.783. The molecule has 7 nitrogen and oxygen atoms in total. The molecule has 2 aliphatic rings. The van der Waals surface area contributed by atoms with Gasteiger partial charge in [-0.1, -0.05) is 0 Å². The molecule has 0 fully saturated rings. The Labute approximate surface area is 120 Å². The average molecular weight is 285 g/mol. The van der Waals surface area contributed by atoms with Crippen LogP contribution in [-0.2, 0) is 20.6 Å². The lowest BCUT2D eigenvalue weighted by Gasteiger charge is -2.14. The maximum absolute atomic E-state index is 12.3. The third kappa shape index (κ3) is 1.97. The van der Waals surface area contributed by atoms with Gasteiger partial charge in [-0.2, -0.15) is 4.98 Å². The highest BCUT2D eigenvalue weighted by Gasteiger charge is 2.19. The Morgan fingerprint density at radius 3 is 2.57 bits per heavy atom. The highest BCUT2D eigenvalue weighted by molar-refractivity contribution is 5.60. The van der Waals surface area contributed by atoms with Gasteiger partial charge in [0.05, 0.1) is 5.69 Å². The molecule has 0 radical (unpaired) electrons. The van der Waals surface area contributed by atoms with Crippen molar-refractivity contribution < 1.29 is 0 Å². The van der Waals surface area contributed by atoms with Gasteiger partial charge in [0.1, 0.15) is 5.69 Å². The summed E-state index contributed by atoms with van der Waals surface area (Å²) in [7, 11) is 3.32. The molecule has 0 aliphatic carbocycles. The van der Waals surface area contributed by atoms with Gasteiger partial charge in [0.15, 0.2) is 11.5 Å². The van der Waals surface area contributed by atoms with E-state index in [2.05, 4.69) is 9.97 Å². The van der Waals surface area contributed by atoms with E-state index in [4.69, 9.17) is 0 Å². The Hall–Kier alpha value is -2.70. The molecule has 21 heavy (non-hydrogen) atoms. The summed E-state index contributed by atoms with van der Waals surface area (Å²) in [4.78, 5) is 32.3. The van der Waals surface area contributed by atoms with Gasteiger partial charge in [-0.3, -0.25) is 9.36 Å². The summed E-state index contributed by atoms with van der Waals surface area (Å²) < 4.78 is 4.67. The van der Waals surface area contributed by atoms with Crippen molar-refractivity contribution in [1.29, 1.82) is 0 Å². The van der Waals surface area contributed by atoms with Crippen LogP contribution in [0.3, 0.4) is 0 Å². The van der Waals surface area contributed by atoms with Crippen LogP contribution in [-0.4, -0.2) is 23.7 Å². The topological polar surface area (TPSA) is 74.7 Å². The summed E-state index contributed by atoms with van der Waals surface area (Å²) in [5, 5.41) is 0. The van der Waals surface area contributed by atoms with E-state index in [-0.39, 0.29) is 5.69 Å². The molecule has 3 heterocycles. The fourth-order valence-electron chi connectivity index (χ4n) is 2.31. The second kappa shape index (κ2) is 4.69. The molecule has 0 unspecified atom stereocenters. The Bertz CT molecular complexity index is 903. The number of hydrogen-bond acceptors (Lipinski definition) is 4. The van der Waals surface area contributed by atoms with Gasteiger partial charge in [-0.15, -0.1) is 0 Å². The van der Waals surface area contributed by atoms with Gasteiger partial charge < -0.3 is 9.13 Å². The van der Waals surface area contributed by atoms with Crippen molar-refractivity contribution >= 4 is 0 Å². The zero-order valence-corrected chi connectivity index (χ0v) is 12.1. The maximum atomic E-state index is 12.3. The first-order valence-electron chi connectivity index (χ1n) is 6.63. The lowest BCUT2D eigenvalue weighted by molar-refractivity contribution is 0.696. The van der Waals surface area contributed by atoms with Crippen molar-refractivity contribution in [1.82, 2.24) is 23.7 Å². The largest absolute Gasteiger partial charge is 0.352 e. The molecule has 0 spiro atoms. The average Bonchev–Trinajstić information content (AvgIpc) is 2.90. The van der Waals surface area contributed by atoms with E-state index in [1.165, 1.54) is 7.05 Å². The van der Waals surface area contributed by atoms with Crippen LogP contribution < -0.4 is 11.2 Å². The van der Waals surface area contributed by atoms with E-state index in [9.17, 15) is 9.59 Å². The summed E-state index contributed by atoms with van der Waals surface area (Å²) >= 11 is 0. The molecule has 0 saturated heterocycles. The molecule has 0 bridgehead atoms. The molecule has 0 amide bonds. The zero-order chi connectivity index (χ0) is 15.1. The second-order valence-electron chi connectivity index (χ2n) is 4.85. The van der Waals surface area contributed by atoms with Gasteiger partial charge in [0, 0.05) is 33.0 Å². The van der Waals surface area contributed by atoms with Crippen molar-refractivity contribution in [3.63, 3.8) is 0 Å². The minimum Gasteiger partial charge on any atom is -0.349 e. The minimum absolute atomic E-state index is 0.206. The molecule has 1 aromatic rings. The van der Waals surface area contributed by atoms with Crippen molar-refractivity contribution in [2.75, 3.05) is 0 Å². The van der Waals surface area contributed by atoms with Gasteiger partial charge in [-0.05, 0) is 19.1 Å². The number of nitrogens with zero attached hydrogens (tertiary/aromatic N) is 5. The number of fused-ring (bicyclic) bond motifs is 1. The SMILES string of the molecule is CCn1cc(-c2cccn2C)nc2c(=O)n(C)c(=O)nc1-2. The van der Waals surface area contributed by atoms with E-state index < -0.39 is 11.2 Å². The van der Waals surface area contributed by atoms with Crippen LogP contribution >= 0.6 is 0 Å². The van der Waals surface area contributed by atoms with Crippen molar-refractivity contribution in [3.8, 4) is 22.9 Å². The number of aromatic nitrogens is 5. The first-order chi connectivity index (χ1) is 10.0. The minimum atomic E-state index is -0.567. The Balaban J connectivity index is 2.42. The second-order valence-corrected chi connectivity index (χ2v) is 4.85. The standard InChI is InChI=1S/C14H15N5O2/c1-4-19-8-9(10-6-5-7-17(10)2)15-11-12(19)16-14(21)18(3)13(11)20/h5-8H,4H2,1-3H3. The van der Waals surface area contributed by atoms with Gasteiger partial charge in [-0.25, -0.2) is 9.78 Å². The smallest absolute Gasteiger partial charge is 0.349 e. The van der Waals surface area contributed by atoms with Gasteiger partial charge in [0.25, 0.3) is 5.56 Å². The predicted molar refractivity (Wildman–Crippen MR) is 78.2 cm³/mol. The molecular weight excluding hydrogens is 270 g/mol. The summed E-state index contributed by atoms with van der Waals surface area (Å²) in [6, 6.07) is 3.84. The lowest BCUT2D eigenvalue weighted by atomic mass is 10.2. The summed E-state index contributed by atoms with van der Waals surface area (Å²) in [5.74, 6) is 0.323. The van der Waals surface area contributed by atoms with Crippen LogP contribution in [0.5, 0.6) is 0 Å². The predicted octanol–water partition coefficient (Wildman–Crippen LogP) is 0.467. The first-order valence-corrected chi connectivity index (χ1v) is 6.63. The third-order valence-electron chi connectivity index (χ3n) is 3.54. The Morgan fingerprint density at radius 1 is 1.19 bits per heavy atom. The highest BCUT2D eigenvalue weighted by Crippen LogP contribution is 2.21. The maximum Gasteiger partial charge on any atom is 0.352 e. The molecule has 0 saturated carbocycles. The first kappa shape index (κ1) is 13.3. The van der Waals surface area contributed by atoms with Crippen LogP contribution in [0.1, 0.15) is 6.92 Å². The number of rotatable bonds is 2. The number of hydrogen-bond donors (Lipinski definition) is 0. The Morgan fingerprint density at radius 2 is 1.95 bits per heavy atom. The third-order valence-corrected chi connectivity index (χ3v) is 3.54. The lowest BCUT2D eigenvalue weighted by Crippen LogP contribution is -2.36. The summed E-state index contributed by atoms with van der Waals surface area (Å²) in [6.07, 6.45) is 3.72.